The van der Waals surface area contributed by atoms with Gasteiger partial charge in [0.05, 0.1) is 5.69 Å². The molecule has 0 unspecified atom stereocenters. The molecule has 146 valence electrons. The number of benzene rings is 3. The Kier molecular flexibility index (Phi) is 4.75. The fourth-order valence-corrected chi connectivity index (χ4v) is 3.82. The second-order valence-corrected chi connectivity index (χ2v) is 7.57. The summed E-state index contributed by atoms with van der Waals surface area (Å²) in [6.07, 6.45) is 3.98. The molecule has 0 spiro atoms. The minimum Gasteiger partial charge on any atom is -0.457 e. The van der Waals surface area contributed by atoms with Gasteiger partial charge in [-0.05, 0) is 42.5 Å². The molecule has 0 bridgehead atoms. The third-order valence-corrected chi connectivity index (χ3v) is 5.38. The van der Waals surface area contributed by atoms with Crippen LogP contribution in [0.1, 0.15) is 10.4 Å². The zero-order valence-electron chi connectivity index (χ0n) is 15.9. The molecule has 6 heteroatoms. The first kappa shape index (κ1) is 18.1. The van der Waals surface area contributed by atoms with E-state index in [0.29, 0.717) is 11.3 Å². The summed E-state index contributed by atoms with van der Waals surface area (Å²) in [5, 5.41) is 4.94. The molecule has 0 aliphatic heterocycles. The lowest BCUT2D eigenvalue weighted by molar-refractivity contribution is 0.102. The fraction of sp³-hybridized carbons (Fsp3) is 0. The lowest BCUT2D eigenvalue weighted by Gasteiger charge is -2.09. The standard InChI is InChI=1S/C24H17N3O2S/c28-23(18-5-4-8-21(15-18)29-20-6-2-1-3-7-20)25-19-11-9-17(10-12-19)22-16-27-13-14-30-24(27)26-22/h1-16H,(H,25,28). The second-order valence-electron chi connectivity index (χ2n) is 6.69. The van der Waals surface area contributed by atoms with Gasteiger partial charge in [-0.25, -0.2) is 4.98 Å². The Morgan fingerprint density at radius 1 is 0.933 bits per heavy atom. The normalized spacial score (nSPS) is 10.8. The van der Waals surface area contributed by atoms with Gasteiger partial charge in [0.1, 0.15) is 11.5 Å². The molecule has 5 nitrogen and oxygen atoms in total. The first-order valence-corrected chi connectivity index (χ1v) is 10.3. The van der Waals surface area contributed by atoms with Gasteiger partial charge in [-0.3, -0.25) is 9.20 Å². The van der Waals surface area contributed by atoms with Crippen LogP contribution in [0.4, 0.5) is 5.69 Å². The van der Waals surface area contributed by atoms with Crippen molar-refractivity contribution in [1.29, 1.82) is 0 Å². The topological polar surface area (TPSA) is 55.6 Å². The van der Waals surface area contributed by atoms with E-state index in [1.807, 2.05) is 82.8 Å². The van der Waals surface area contributed by atoms with Crippen LogP contribution in [-0.2, 0) is 0 Å². The molecule has 0 atom stereocenters. The average Bonchev–Trinajstić information content (AvgIpc) is 3.38. The van der Waals surface area contributed by atoms with Crippen LogP contribution in [-0.4, -0.2) is 15.3 Å². The summed E-state index contributed by atoms with van der Waals surface area (Å²) in [5.74, 6) is 1.15. The van der Waals surface area contributed by atoms with E-state index < -0.39 is 0 Å². The van der Waals surface area contributed by atoms with Crippen molar-refractivity contribution in [3.05, 3.63) is 102 Å². The number of nitrogens with one attached hydrogen (secondary N) is 1. The molecule has 2 heterocycles. The molecule has 2 aromatic heterocycles. The third-order valence-electron chi connectivity index (χ3n) is 4.61. The van der Waals surface area contributed by atoms with E-state index in [1.54, 1.807) is 29.5 Å². The Bertz CT molecular complexity index is 1280. The van der Waals surface area contributed by atoms with Crippen LogP contribution in [0.15, 0.2) is 96.6 Å². The zero-order valence-corrected chi connectivity index (χ0v) is 16.7. The van der Waals surface area contributed by atoms with Gasteiger partial charge in [0.15, 0.2) is 4.96 Å². The summed E-state index contributed by atoms with van der Waals surface area (Å²) in [6, 6.07) is 24.3. The first-order valence-electron chi connectivity index (χ1n) is 9.41. The van der Waals surface area contributed by atoms with Crippen molar-refractivity contribution in [1.82, 2.24) is 9.38 Å². The van der Waals surface area contributed by atoms with Crippen molar-refractivity contribution in [3.8, 4) is 22.8 Å². The minimum absolute atomic E-state index is 0.191. The Morgan fingerprint density at radius 2 is 1.73 bits per heavy atom. The predicted octanol–water partition coefficient (Wildman–Crippen LogP) is 6.11. The molecule has 30 heavy (non-hydrogen) atoms. The number of imidazole rings is 1. The molecule has 0 fully saturated rings. The molecular formula is C24H17N3O2S. The molecule has 1 N–H and O–H groups in total. The Labute approximate surface area is 177 Å². The Morgan fingerprint density at radius 3 is 2.53 bits per heavy atom. The molecule has 0 radical (unpaired) electrons. The summed E-state index contributed by atoms with van der Waals surface area (Å²) in [5.41, 5.74) is 3.16. The molecular weight excluding hydrogens is 394 g/mol. The number of nitrogens with zero attached hydrogens (tertiary/aromatic N) is 2. The van der Waals surface area contributed by atoms with Crippen LogP contribution in [0.3, 0.4) is 0 Å². The van der Waals surface area contributed by atoms with Crippen molar-refractivity contribution in [2.45, 2.75) is 0 Å². The van der Waals surface area contributed by atoms with Crippen LogP contribution in [0, 0.1) is 0 Å². The average molecular weight is 411 g/mol. The lowest BCUT2D eigenvalue weighted by Crippen LogP contribution is -2.11. The molecule has 0 saturated heterocycles. The van der Waals surface area contributed by atoms with Gasteiger partial charge >= 0.3 is 0 Å². The summed E-state index contributed by atoms with van der Waals surface area (Å²) < 4.78 is 7.81. The van der Waals surface area contributed by atoms with Crippen molar-refractivity contribution in [2.24, 2.45) is 0 Å². The molecule has 0 aliphatic rings. The highest BCUT2D eigenvalue weighted by Crippen LogP contribution is 2.24. The monoisotopic (exact) mass is 411 g/mol. The van der Waals surface area contributed by atoms with E-state index in [-0.39, 0.29) is 5.91 Å². The van der Waals surface area contributed by atoms with Crippen LogP contribution >= 0.6 is 11.3 Å². The van der Waals surface area contributed by atoms with Gasteiger partial charge in [-0.2, -0.15) is 0 Å². The maximum atomic E-state index is 12.7. The van der Waals surface area contributed by atoms with Crippen LogP contribution in [0.5, 0.6) is 11.5 Å². The number of thiazole rings is 1. The van der Waals surface area contributed by atoms with Crippen molar-refractivity contribution in [2.75, 3.05) is 5.32 Å². The number of carbonyl (C=O) groups is 1. The smallest absolute Gasteiger partial charge is 0.255 e. The van der Waals surface area contributed by atoms with Gasteiger partial charge in [-0.1, -0.05) is 36.4 Å². The van der Waals surface area contributed by atoms with E-state index in [1.165, 1.54) is 0 Å². The highest BCUT2D eigenvalue weighted by atomic mass is 32.1. The number of hydrogen-bond acceptors (Lipinski definition) is 4. The quantitative estimate of drug-likeness (QED) is 0.380. The van der Waals surface area contributed by atoms with Gasteiger partial charge < -0.3 is 10.1 Å². The van der Waals surface area contributed by atoms with Gasteiger partial charge in [0.25, 0.3) is 5.91 Å². The van der Waals surface area contributed by atoms with E-state index in [4.69, 9.17) is 4.74 Å². The van der Waals surface area contributed by atoms with Crippen molar-refractivity contribution in [3.63, 3.8) is 0 Å². The number of ether oxygens (including phenoxy) is 1. The van der Waals surface area contributed by atoms with Crippen molar-refractivity contribution < 1.29 is 9.53 Å². The van der Waals surface area contributed by atoms with E-state index >= 15 is 0 Å². The Balaban J connectivity index is 1.29. The summed E-state index contributed by atoms with van der Waals surface area (Å²) in [4.78, 5) is 18.2. The van der Waals surface area contributed by atoms with E-state index in [9.17, 15) is 4.79 Å². The first-order chi connectivity index (χ1) is 14.7. The number of hydrogen-bond donors (Lipinski definition) is 1. The van der Waals surface area contributed by atoms with Crippen LogP contribution in [0.25, 0.3) is 16.2 Å². The molecule has 0 aliphatic carbocycles. The number of amides is 1. The lowest BCUT2D eigenvalue weighted by atomic mass is 10.1. The zero-order chi connectivity index (χ0) is 20.3. The second kappa shape index (κ2) is 7.85. The maximum Gasteiger partial charge on any atom is 0.255 e. The maximum absolute atomic E-state index is 12.7. The van der Waals surface area contributed by atoms with Gasteiger partial charge in [0.2, 0.25) is 0 Å². The highest BCUT2D eigenvalue weighted by molar-refractivity contribution is 7.15. The number of para-hydroxylation sites is 1. The number of carbonyl (C=O) groups excluding carboxylic acids is 1. The summed E-state index contributed by atoms with van der Waals surface area (Å²) in [7, 11) is 0. The predicted molar refractivity (Wildman–Crippen MR) is 119 cm³/mol. The van der Waals surface area contributed by atoms with E-state index in [2.05, 4.69) is 10.3 Å². The van der Waals surface area contributed by atoms with Crippen molar-refractivity contribution >= 4 is 27.9 Å². The summed E-state index contributed by atoms with van der Waals surface area (Å²) in [6.45, 7) is 0. The number of rotatable bonds is 5. The number of anilines is 1. The van der Waals surface area contributed by atoms with Gasteiger partial charge in [0, 0.05) is 34.6 Å². The molecule has 5 aromatic rings. The third kappa shape index (κ3) is 3.81. The van der Waals surface area contributed by atoms with Gasteiger partial charge in [-0.15, -0.1) is 11.3 Å². The highest BCUT2D eigenvalue weighted by Gasteiger charge is 2.09. The molecule has 0 saturated carbocycles. The van der Waals surface area contributed by atoms with E-state index in [0.717, 1.165) is 27.7 Å². The minimum atomic E-state index is -0.191. The molecule has 3 aromatic carbocycles. The summed E-state index contributed by atoms with van der Waals surface area (Å²) >= 11 is 1.60. The Hall–Kier alpha value is -3.90. The van der Waals surface area contributed by atoms with Crippen LogP contribution < -0.4 is 10.1 Å². The largest absolute Gasteiger partial charge is 0.457 e. The molecule has 5 rings (SSSR count). The van der Waals surface area contributed by atoms with Crippen LogP contribution in [0.2, 0.25) is 0 Å². The number of aromatic nitrogens is 2. The fourth-order valence-electron chi connectivity index (χ4n) is 3.12. The number of fused-ring (bicyclic) bond motifs is 1. The molecule has 1 amide bonds. The SMILES string of the molecule is O=C(Nc1ccc(-c2cn3ccsc3n2)cc1)c1cccc(Oc2ccccc2)c1.